The van der Waals surface area contributed by atoms with Crippen molar-refractivity contribution in [3.8, 4) is 0 Å². The Morgan fingerprint density at radius 2 is 2.22 bits per heavy atom. The maximum absolute atomic E-state index is 12.7. The molecule has 1 aliphatic rings. The molecule has 2 aromatic heterocycles. The first kappa shape index (κ1) is 15.6. The van der Waals surface area contributed by atoms with Gasteiger partial charge in [-0.15, -0.1) is 5.10 Å². The minimum atomic E-state index is -3.88. The number of sulfonamides is 1. The molecular formula is C13H15N5O4S. The van der Waals surface area contributed by atoms with Gasteiger partial charge in [-0.3, -0.25) is 4.68 Å². The zero-order valence-electron chi connectivity index (χ0n) is 12.1. The number of nitrogens with zero attached hydrogens (tertiary/aromatic N) is 5. The summed E-state index contributed by atoms with van der Waals surface area (Å²) in [6, 6.07) is 2.69. The largest absolute Gasteiger partial charge is 0.476 e. The molecule has 1 aliphatic heterocycles. The van der Waals surface area contributed by atoms with Gasteiger partial charge in [0.15, 0.2) is 5.69 Å². The number of rotatable bonds is 5. The molecule has 3 rings (SSSR count). The van der Waals surface area contributed by atoms with Gasteiger partial charge in [0.1, 0.15) is 4.90 Å². The summed E-state index contributed by atoms with van der Waals surface area (Å²) in [5.74, 6) is -1.25. The number of carboxylic acid groups (broad SMARTS) is 1. The number of aromatic carboxylic acids is 1. The fourth-order valence-corrected chi connectivity index (χ4v) is 4.32. The molecule has 1 atom stereocenters. The minimum Gasteiger partial charge on any atom is -0.476 e. The fourth-order valence-electron chi connectivity index (χ4n) is 2.66. The van der Waals surface area contributed by atoms with E-state index in [2.05, 4.69) is 15.3 Å². The third kappa shape index (κ3) is 3.08. The Hall–Kier alpha value is -2.33. The summed E-state index contributed by atoms with van der Waals surface area (Å²) in [4.78, 5) is 14.6. The predicted molar refractivity (Wildman–Crippen MR) is 78.1 cm³/mol. The van der Waals surface area contributed by atoms with E-state index in [1.807, 2.05) is 0 Å². The molecule has 0 aromatic carbocycles. The van der Waals surface area contributed by atoms with Gasteiger partial charge in [0.25, 0.3) is 0 Å². The first-order valence-electron chi connectivity index (χ1n) is 7.01. The van der Waals surface area contributed by atoms with Gasteiger partial charge < -0.3 is 5.11 Å². The predicted octanol–water partition coefficient (Wildman–Crippen LogP) is 0.0821. The number of aromatic nitrogens is 4. The molecule has 0 spiro atoms. The van der Waals surface area contributed by atoms with Crippen LogP contribution in [0.5, 0.6) is 0 Å². The van der Waals surface area contributed by atoms with Crippen LogP contribution in [0.25, 0.3) is 0 Å². The highest BCUT2D eigenvalue weighted by Gasteiger charge is 2.35. The average Bonchev–Trinajstić information content (AvgIpc) is 3.20. The van der Waals surface area contributed by atoms with E-state index in [-0.39, 0.29) is 10.8 Å². The van der Waals surface area contributed by atoms with Crippen molar-refractivity contribution in [1.29, 1.82) is 0 Å². The Kier molecular flexibility index (Phi) is 4.09. The van der Waals surface area contributed by atoms with Crippen molar-refractivity contribution in [3.05, 3.63) is 36.4 Å². The maximum Gasteiger partial charge on any atom is 0.355 e. The van der Waals surface area contributed by atoms with Crippen LogP contribution in [0.3, 0.4) is 0 Å². The SMILES string of the molecule is O=C(O)c1ncccc1S(=O)(=O)N1CCC(Cn2ccnn2)C1. The molecule has 23 heavy (non-hydrogen) atoms. The van der Waals surface area contributed by atoms with Gasteiger partial charge in [0, 0.05) is 32.0 Å². The van der Waals surface area contributed by atoms with Crippen LogP contribution >= 0.6 is 0 Å². The molecule has 0 aliphatic carbocycles. The summed E-state index contributed by atoms with van der Waals surface area (Å²) in [6.07, 6.45) is 5.24. The van der Waals surface area contributed by atoms with E-state index in [4.69, 9.17) is 5.11 Å². The summed E-state index contributed by atoms with van der Waals surface area (Å²) in [5.41, 5.74) is -0.452. The van der Waals surface area contributed by atoms with E-state index in [9.17, 15) is 13.2 Å². The Morgan fingerprint density at radius 1 is 1.39 bits per heavy atom. The molecule has 2 aromatic rings. The molecule has 1 fully saturated rings. The monoisotopic (exact) mass is 337 g/mol. The van der Waals surface area contributed by atoms with Crippen molar-refractivity contribution in [3.63, 3.8) is 0 Å². The van der Waals surface area contributed by atoms with E-state index in [1.165, 1.54) is 22.6 Å². The van der Waals surface area contributed by atoms with Gasteiger partial charge in [-0.25, -0.2) is 18.2 Å². The molecule has 0 radical (unpaired) electrons. The lowest BCUT2D eigenvalue weighted by atomic mass is 10.1. The van der Waals surface area contributed by atoms with Crippen LogP contribution in [-0.4, -0.2) is 56.9 Å². The van der Waals surface area contributed by atoms with Crippen LogP contribution in [0, 0.1) is 5.92 Å². The standard InChI is InChI=1S/C13H15N5O4S/c19-13(20)12-11(2-1-4-14-12)23(21,22)18-6-3-10(9-18)8-17-7-5-15-16-17/h1-2,4-5,7,10H,3,6,8-9H2,(H,19,20). The summed E-state index contributed by atoms with van der Waals surface area (Å²) in [6.45, 7) is 1.23. The van der Waals surface area contributed by atoms with Crippen LogP contribution in [-0.2, 0) is 16.6 Å². The van der Waals surface area contributed by atoms with Crippen molar-refractivity contribution < 1.29 is 18.3 Å². The van der Waals surface area contributed by atoms with Crippen LogP contribution in [0.15, 0.2) is 35.6 Å². The Balaban J connectivity index is 1.80. The minimum absolute atomic E-state index is 0.108. The summed E-state index contributed by atoms with van der Waals surface area (Å²) in [5, 5.41) is 16.7. The highest BCUT2D eigenvalue weighted by molar-refractivity contribution is 7.89. The second-order valence-electron chi connectivity index (χ2n) is 5.30. The Bertz CT molecular complexity index is 806. The zero-order chi connectivity index (χ0) is 16.4. The van der Waals surface area contributed by atoms with Crippen LogP contribution in [0.4, 0.5) is 0 Å². The second-order valence-corrected chi connectivity index (χ2v) is 7.20. The quantitative estimate of drug-likeness (QED) is 0.821. The highest BCUT2D eigenvalue weighted by atomic mass is 32.2. The van der Waals surface area contributed by atoms with Crippen molar-refractivity contribution in [2.24, 2.45) is 5.92 Å². The van der Waals surface area contributed by atoms with Crippen molar-refractivity contribution in [1.82, 2.24) is 24.3 Å². The van der Waals surface area contributed by atoms with E-state index in [0.717, 1.165) is 0 Å². The molecule has 122 valence electrons. The van der Waals surface area contributed by atoms with Crippen molar-refractivity contribution in [2.75, 3.05) is 13.1 Å². The molecule has 0 amide bonds. The zero-order valence-corrected chi connectivity index (χ0v) is 12.9. The lowest BCUT2D eigenvalue weighted by Gasteiger charge is -2.17. The van der Waals surface area contributed by atoms with Crippen molar-refractivity contribution in [2.45, 2.75) is 17.9 Å². The second kappa shape index (κ2) is 6.05. The Morgan fingerprint density at radius 3 is 2.91 bits per heavy atom. The lowest BCUT2D eigenvalue weighted by molar-refractivity contribution is 0.0685. The number of hydrogen-bond donors (Lipinski definition) is 1. The van der Waals surface area contributed by atoms with Gasteiger partial charge in [-0.2, -0.15) is 4.31 Å². The molecule has 0 saturated carbocycles. The molecule has 1 N–H and O–H groups in total. The molecular weight excluding hydrogens is 322 g/mol. The van der Waals surface area contributed by atoms with Gasteiger partial charge >= 0.3 is 5.97 Å². The molecule has 0 bridgehead atoms. The third-order valence-electron chi connectivity index (χ3n) is 3.76. The van der Waals surface area contributed by atoms with Crippen LogP contribution in [0.1, 0.15) is 16.9 Å². The smallest absolute Gasteiger partial charge is 0.355 e. The first-order valence-corrected chi connectivity index (χ1v) is 8.45. The summed E-state index contributed by atoms with van der Waals surface area (Å²) >= 11 is 0. The lowest BCUT2D eigenvalue weighted by Crippen LogP contribution is -2.31. The molecule has 3 heterocycles. The average molecular weight is 337 g/mol. The van der Waals surface area contributed by atoms with Gasteiger partial charge in [0.05, 0.1) is 6.20 Å². The molecule has 9 nitrogen and oxygen atoms in total. The number of hydrogen-bond acceptors (Lipinski definition) is 6. The van der Waals surface area contributed by atoms with E-state index >= 15 is 0 Å². The fraction of sp³-hybridized carbons (Fsp3) is 0.385. The molecule has 1 saturated heterocycles. The van der Waals surface area contributed by atoms with Gasteiger partial charge in [0.2, 0.25) is 10.0 Å². The topological polar surface area (TPSA) is 118 Å². The van der Waals surface area contributed by atoms with Crippen LogP contribution < -0.4 is 0 Å². The van der Waals surface area contributed by atoms with Gasteiger partial charge in [-0.05, 0) is 24.5 Å². The Labute approximate surface area is 132 Å². The molecule has 10 heteroatoms. The number of carbonyl (C=O) groups is 1. The summed E-state index contributed by atoms with van der Waals surface area (Å²) in [7, 11) is -3.88. The number of carboxylic acids is 1. The first-order chi connectivity index (χ1) is 11.0. The van der Waals surface area contributed by atoms with Crippen molar-refractivity contribution >= 4 is 16.0 Å². The van der Waals surface area contributed by atoms with E-state index in [1.54, 1.807) is 17.1 Å². The molecule has 1 unspecified atom stereocenters. The van der Waals surface area contributed by atoms with Crippen LogP contribution in [0.2, 0.25) is 0 Å². The normalized spacial score (nSPS) is 19.0. The van der Waals surface area contributed by atoms with E-state index < -0.39 is 21.7 Å². The summed E-state index contributed by atoms with van der Waals surface area (Å²) < 4.78 is 28.4. The van der Waals surface area contributed by atoms with E-state index in [0.29, 0.717) is 26.1 Å². The highest BCUT2D eigenvalue weighted by Crippen LogP contribution is 2.26. The maximum atomic E-state index is 12.7. The van der Waals surface area contributed by atoms with Gasteiger partial charge in [-0.1, -0.05) is 5.21 Å². The number of pyridine rings is 1. The third-order valence-corrected chi connectivity index (χ3v) is 5.65.